The predicted molar refractivity (Wildman–Crippen MR) is 159 cm³/mol. The molecule has 2 aromatic heterocycles. The van der Waals surface area contributed by atoms with Gasteiger partial charge in [-0.3, -0.25) is 9.78 Å². The zero-order chi connectivity index (χ0) is 30.0. The SMILES string of the molecule is COc1ccccc1NC(=O)CCN1C(=S)N[C@H](c2ccccn2)[C@H]1c1cc(C)n(-c2cccc(C(F)(F)F)c2)c1C. The summed E-state index contributed by atoms with van der Waals surface area (Å²) in [6.45, 7) is 4.04. The van der Waals surface area contributed by atoms with Gasteiger partial charge in [-0.25, -0.2) is 0 Å². The number of anilines is 1. The third kappa shape index (κ3) is 5.82. The number of rotatable bonds is 8. The summed E-state index contributed by atoms with van der Waals surface area (Å²) < 4.78 is 47.7. The minimum absolute atomic E-state index is 0.137. The van der Waals surface area contributed by atoms with Crippen molar-refractivity contribution in [2.45, 2.75) is 38.5 Å². The van der Waals surface area contributed by atoms with Crippen LogP contribution in [0.3, 0.4) is 0 Å². The molecule has 3 heterocycles. The van der Waals surface area contributed by atoms with Crippen molar-refractivity contribution in [3.05, 3.63) is 107 Å². The first-order valence-corrected chi connectivity index (χ1v) is 13.8. The van der Waals surface area contributed by atoms with E-state index in [9.17, 15) is 18.0 Å². The Morgan fingerprint density at radius 1 is 1.07 bits per heavy atom. The molecule has 42 heavy (non-hydrogen) atoms. The number of hydrogen-bond acceptors (Lipinski definition) is 4. The second-order valence-electron chi connectivity index (χ2n) is 10.0. The van der Waals surface area contributed by atoms with Crippen molar-refractivity contribution in [2.24, 2.45) is 0 Å². The standard InChI is InChI=1S/C31H30F3N5O2S/c1-19-17-23(20(2)39(19)22-10-8-9-21(18-22)31(32,33)34)29-28(25-12-6-7-15-35-25)37-30(42)38(29)16-14-27(40)36-24-11-4-5-13-26(24)41-3/h4-13,15,17-18,28-29H,14,16H2,1-3H3,(H,36,40)(H,37,42)/t28-,29-/m1/s1. The molecule has 0 bridgehead atoms. The van der Waals surface area contributed by atoms with E-state index in [4.69, 9.17) is 17.0 Å². The van der Waals surface area contributed by atoms with Crippen molar-refractivity contribution in [3.8, 4) is 11.4 Å². The summed E-state index contributed by atoms with van der Waals surface area (Å²) in [6, 6.07) is 19.3. The molecule has 1 fully saturated rings. The van der Waals surface area contributed by atoms with Gasteiger partial charge in [0.15, 0.2) is 5.11 Å². The lowest BCUT2D eigenvalue weighted by Crippen LogP contribution is -2.33. The molecule has 0 saturated carbocycles. The van der Waals surface area contributed by atoms with Gasteiger partial charge in [0.1, 0.15) is 5.75 Å². The van der Waals surface area contributed by atoms with Crippen LogP contribution in [0.2, 0.25) is 0 Å². The maximum Gasteiger partial charge on any atom is 0.416 e. The Kier molecular flexibility index (Phi) is 8.22. The number of aromatic nitrogens is 2. The monoisotopic (exact) mass is 593 g/mol. The highest BCUT2D eigenvalue weighted by Crippen LogP contribution is 2.42. The number of pyridine rings is 1. The number of ether oxygens (including phenoxy) is 1. The summed E-state index contributed by atoms with van der Waals surface area (Å²) in [7, 11) is 1.54. The highest BCUT2D eigenvalue weighted by Gasteiger charge is 2.41. The Morgan fingerprint density at radius 3 is 2.55 bits per heavy atom. The molecule has 218 valence electrons. The highest BCUT2D eigenvalue weighted by molar-refractivity contribution is 7.80. The molecule has 1 aliphatic heterocycles. The Hall–Kier alpha value is -4.38. The van der Waals surface area contributed by atoms with Crippen molar-refractivity contribution in [1.29, 1.82) is 0 Å². The number of para-hydroxylation sites is 2. The molecule has 1 amide bonds. The number of thiocarbonyl (C=S) groups is 1. The fourth-order valence-corrected chi connectivity index (χ4v) is 5.80. The minimum Gasteiger partial charge on any atom is -0.495 e. The van der Waals surface area contributed by atoms with Gasteiger partial charge in [0.25, 0.3) is 0 Å². The van der Waals surface area contributed by atoms with Gasteiger partial charge in [0.2, 0.25) is 5.91 Å². The van der Waals surface area contributed by atoms with Crippen molar-refractivity contribution >= 4 is 28.9 Å². The van der Waals surface area contributed by atoms with Crippen molar-refractivity contribution in [1.82, 2.24) is 19.8 Å². The third-order valence-corrected chi connectivity index (χ3v) is 7.73. The van der Waals surface area contributed by atoms with Gasteiger partial charge >= 0.3 is 6.18 Å². The Bertz CT molecular complexity index is 1610. The van der Waals surface area contributed by atoms with Crippen molar-refractivity contribution < 1.29 is 22.7 Å². The van der Waals surface area contributed by atoms with Crippen LogP contribution in [0.1, 0.15) is 46.7 Å². The number of carbonyl (C=O) groups excluding carboxylic acids is 1. The molecule has 4 aromatic rings. The molecule has 1 saturated heterocycles. The second kappa shape index (κ2) is 11.8. The fraction of sp³-hybridized carbons (Fsp3) is 0.258. The van der Waals surface area contributed by atoms with E-state index in [-0.39, 0.29) is 24.4 Å². The Morgan fingerprint density at radius 2 is 1.83 bits per heavy atom. The maximum absolute atomic E-state index is 13.5. The predicted octanol–water partition coefficient (Wildman–Crippen LogP) is 6.52. The highest BCUT2D eigenvalue weighted by atomic mass is 32.1. The molecular formula is C31H30F3N5O2S. The van der Waals surface area contributed by atoms with E-state index in [1.807, 2.05) is 59.7 Å². The van der Waals surface area contributed by atoms with E-state index in [1.54, 1.807) is 24.4 Å². The number of halogens is 3. The van der Waals surface area contributed by atoms with E-state index in [2.05, 4.69) is 15.6 Å². The van der Waals surface area contributed by atoms with Crippen LogP contribution < -0.4 is 15.4 Å². The molecule has 0 aliphatic carbocycles. The van der Waals surface area contributed by atoms with E-state index in [0.717, 1.165) is 34.8 Å². The molecule has 7 nitrogen and oxygen atoms in total. The third-order valence-electron chi connectivity index (χ3n) is 7.38. The number of carbonyl (C=O) groups is 1. The van der Waals surface area contributed by atoms with Crippen LogP contribution in [0, 0.1) is 13.8 Å². The van der Waals surface area contributed by atoms with Gasteiger partial charge in [-0.1, -0.05) is 24.3 Å². The van der Waals surface area contributed by atoms with E-state index in [0.29, 0.717) is 28.8 Å². The molecule has 0 spiro atoms. The Labute approximate surface area is 247 Å². The summed E-state index contributed by atoms with van der Waals surface area (Å²) >= 11 is 5.75. The van der Waals surface area contributed by atoms with E-state index in [1.165, 1.54) is 13.2 Å². The smallest absolute Gasteiger partial charge is 0.416 e. The number of benzene rings is 2. The summed E-state index contributed by atoms with van der Waals surface area (Å²) in [6.07, 6.45) is -2.62. The maximum atomic E-state index is 13.5. The van der Waals surface area contributed by atoms with Gasteiger partial charge in [-0.05, 0) is 80.2 Å². The largest absolute Gasteiger partial charge is 0.495 e. The van der Waals surface area contributed by atoms with Gasteiger partial charge in [0, 0.05) is 36.2 Å². The number of nitrogens with one attached hydrogen (secondary N) is 2. The fourth-order valence-electron chi connectivity index (χ4n) is 5.47. The molecular weight excluding hydrogens is 563 g/mol. The average molecular weight is 594 g/mol. The van der Waals surface area contributed by atoms with Crippen LogP contribution >= 0.6 is 12.2 Å². The lowest BCUT2D eigenvalue weighted by Gasteiger charge is -2.28. The van der Waals surface area contributed by atoms with Crippen LogP contribution in [-0.2, 0) is 11.0 Å². The van der Waals surface area contributed by atoms with E-state index >= 15 is 0 Å². The molecule has 2 atom stereocenters. The number of amides is 1. The second-order valence-corrected chi connectivity index (χ2v) is 10.4. The molecule has 5 rings (SSSR count). The molecule has 1 aliphatic rings. The zero-order valence-electron chi connectivity index (χ0n) is 23.3. The van der Waals surface area contributed by atoms with Gasteiger partial charge in [-0.15, -0.1) is 0 Å². The summed E-state index contributed by atoms with van der Waals surface area (Å²) in [5, 5.41) is 6.73. The van der Waals surface area contributed by atoms with Gasteiger partial charge < -0.3 is 24.8 Å². The van der Waals surface area contributed by atoms with E-state index < -0.39 is 11.7 Å². The number of alkyl halides is 3. The quantitative estimate of drug-likeness (QED) is 0.227. The number of nitrogens with zero attached hydrogens (tertiary/aromatic N) is 3. The topological polar surface area (TPSA) is 71.4 Å². The molecule has 0 radical (unpaired) electrons. The van der Waals surface area contributed by atoms with Gasteiger partial charge in [0.05, 0.1) is 36.1 Å². The minimum atomic E-state index is -4.46. The summed E-state index contributed by atoms with van der Waals surface area (Å²) in [5.74, 6) is 0.344. The number of hydrogen-bond donors (Lipinski definition) is 2. The lowest BCUT2D eigenvalue weighted by molar-refractivity contribution is -0.137. The molecule has 0 unspecified atom stereocenters. The normalized spacial score (nSPS) is 16.8. The lowest BCUT2D eigenvalue weighted by atomic mass is 9.96. The van der Waals surface area contributed by atoms with Crippen LogP contribution in [0.4, 0.5) is 18.9 Å². The van der Waals surface area contributed by atoms with Crippen LogP contribution in [0.25, 0.3) is 5.69 Å². The van der Waals surface area contributed by atoms with Crippen LogP contribution in [0.15, 0.2) is 79.0 Å². The number of aryl methyl sites for hydroxylation is 1. The first-order chi connectivity index (χ1) is 20.1. The van der Waals surface area contributed by atoms with Crippen LogP contribution in [0.5, 0.6) is 5.75 Å². The average Bonchev–Trinajstić information content (AvgIpc) is 3.46. The molecule has 2 N–H and O–H groups in total. The summed E-state index contributed by atoms with van der Waals surface area (Å²) in [5.41, 5.74) is 3.44. The van der Waals surface area contributed by atoms with Crippen LogP contribution in [-0.4, -0.2) is 39.1 Å². The summed E-state index contributed by atoms with van der Waals surface area (Å²) in [4.78, 5) is 19.5. The van der Waals surface area contributed by atoms with Gasteiger partial charge in [-0.2, -0.15) is 13.2 Å². The molecule has 2 aromatic carbocycles. The van der Waals surface area contributed by atoms with Crippen molar-refractivity contribution in [3.63, 3.8) is 0 Å². The number of methoxy groups -OCH3 is 1. The zero-order valence-corrected chi connectivity index (χ0v) is 24.1. The Balaban J connectivity index is 1.48. The molecule has 11 heteroatoms. The first kappa shape index (κ1) is 29.1. The first-order valence-electron chi connectivity index (χ1n) is 13.4. The van der Waals surface area contributed by atoms with Crippen molar-refractivity contribution in [2.75, 3.05) is 19.0 Å².